The third-order valence-electron chi connectivity index (χ3n) is 10.6. The molecule has 4 aliphatic rings. The SMILES string of the molecule is COc1cc(C(=O)N2[C@H]3CC[C@@H]2[C@H](N)C3)cc2nc(-c3cc4ccc([C@@H](C)NC(=O)C5(OC)CC5)nc4n3CC3CC3)c(C)n12. The number of carbonyl (C=O) groups excluding carboxylic acids is 2. The van der Waals surface area contributed by atoms with Crippen molar-refractivity contribution in [2.24, 2.45) is 11.7 Å². The van der Waals surface area contributed by atoms with Crippen LogP contribution in [0.2, 0.25) is 0 Å². The molecule has 236 valence electrons. The minimum absolute atomic E-state index is 0.00246. The Labute approximate surface area is 262 Å². The van der Waals surface area contributed by atoms with Crippen LogP contribution in [-0.2, 0) is 16.1 Å². The quantitative estimate of drug-likeness (QED) is 0.291. The number of hydrogen-bond acceptors (Lipinski definition) is 7. The molecule has 0 aromatic carbocycles. The van der Waals surface area contributed by atoms with E-state index < -0.39 is 5.60 Å². The second kappa shape index (κ2) is 10.3. The summed E-state index contributed by atoms with van der Waals surface area (Å²) in [5.74, 6) is 1.08. The molecule has 2 saturated heterocycles. The van der Waals surface area contributed by atoms with E-state index in [0.29, 0.717) is 23.0 Å². The summed E-state index contributed by atoms with van der Waals surface area (Å²) in [7, 11) is 3.22. The minimum Gasteiger partial charge on any atom is -0.482 e. The number of aryl methyl sites for hydroxylation is 1. The molecular weight excluding hydrogens is 570 g/mol. The number of carbonyl (C=O) groups is 2. The molecule has 2 aliphatic carbocycles. The van der Waals surface area contributed by atoms with E-state index in [-0.39, 0.29) is 36.0 Å². The Morgan fingerprint density at radius 3 is 2.56 bits per heavy atom. The number of aromatic nitrogens is 4. The number of ether oxygens (including phenoxy) is 2. The highest BCUT2D eigenvalue weighted by Gasteiger charge is 2.51. The Balaban J connectivity index is 1.18. The number of nitrogens with zero attached hydrogens (tertiary/aromatic N) is 5. The second-order valence-corrected chi connectivity index (χ2v) is 13.6. The van der Waals surface area contributed by atoms with Crippen LogP contribution in [0.3, 0.4) is 0 Å². The predicted molar refractivity (Wildman–Crippen MR) is 169 cm³/mol. The van der Waals surface area contributed by atoms with Crippen LogP contribution in [0, 0.1) is 12.8 Å². The van der Waals surface area contributed by atoms with Crippen molar-refractivity contribution >= 4 is 28.5 Å². The molecule has 11 nitrogen and oxygen atoms in total. The number of imidazole rings is 1. The van der Waals surface area contributed by atoms with Gasteiger partial charge in [0.05, 0.1) is 30.2 Å². The van der Waals surface area contributed by atoms with Crippen molar-refractivity contribution in [2.75, 3.05) is 14.2 Å². The van der Waals surface area contributed by atoms with Gasteiger partial charge in [-0.1, -0.05) is 0 Å². The molecular formula is C34H41N7O4. The van der Waals surface area contributed by atoms with Crippen molar-refractivity contribution in [1.29, 1.82) is 0 Å². The lowest BCUT2D eigenvalue weighted by Crippen LogP contribution is -2.40. The molecule has 4 atom stereocenters. The first kappa shape index (κ1) is 28.5. The highest BCUT2D eigenvalue weighted by molar-refractivity contribution is 5.97. The topological polar surface area (TPSA) is 129 Å². The molecule has 2 amide bonds. The van der Waals surface area contributed by atoms with Crippen molar-refractivity contribution in [3.05, 3.63) is 47.3 Å². The summed E-state index contributed by atoms with van der Waals surface area (Å²) in [5, 5.41) is 4.13. The molecule has 0 spiro atoms. The third kappa shape index (κ3) is 4.53. The molecule has 2 aliphatic heterocycles. The van der Waals surface area contributed by atoms with E-state index in [9.17, 15) is 9.59 Å². The average Bonchev–Trinajstić information content (AvgIpc) is 3.90. The van der Waals surface area contributed by atoms with E-state index in [2.05, 4.69) is 22.0 Å². The Bertz CT molecular complexity index is 1850. The highest BCUT2D eigenvalue weighted by atomic mass is 16.5. The van der Waals surface area contributed by atoms with Gasteiger partial charge in [-0.3, -0.25) is 14.0 Å². The fourth-order valence-electron chi connectivity index (χ4n) is 7.66. The van der Waals surface area contributed by atoms with Crippen LogP contribution >= 0.6 is 0 Å². The molecule has 3 N–H and O–H groups in total. The highest BCUT2D eigenvalue weighted by Crippen LogP contribution is 2.41. The first-order valence-electron chi connectivity index (χ1n) is 16.2. The van der Waals surface area contributed by atoms with Crippen molar-refractivity contribution in [3.63, 3.8) is 0 Å². The first-order valence-corrected chi connectivity index (χ1v) is 16.2. The number of amides is 2. The number of fused-ring (bicyclic) bond motifs is 4. The maximum absolute atomic E-state index is 13.8. The zero-order valence-electron chi connectivity index (χ0n) is 26.4. The van der Waals surface area contributed by atoms with Gasteiger partial charge in [0.2, 0.25) is 0 Å². The van der Waals surface area contributed by atoms with Crippen molar-refractivity contribution in [3.8, 4) is 17.3 Å². The van der Waals surface area contributed by atoms with Gasteiger partial charge in [0, 0.05) is 48.8 Å². The molecule has 2 bridgehead atoms. The predicted octanol–water partition coefficient (Wildman–Crippen LogP) is 4.14. The number of hydrogen-bond donors (Lipinski definition) is 2. The number of pyridine rings is 2. The van der Waals surface area contributed by atoms with Gasteiger partial charge in [-0.05, 0) is 89.0 Å². The molecule has 4 aromatic rings. The second-order valence-electron chi connectivity index (χ2n) is 13.6. The van der Waals surface area contributed by atoms with Crippen molar-refractivity contribution < 1.29 is 19.1 Å². The molecule has 4 fully saturated rings. The molecule has 4 aromatic heterocycles. The third-order valence-corrected chi connectivity index (χ3v) is 10.6. The monoisotopic (exact) mass is 611 g/mol. The summed E-state index contributed by atoms with van der Waals surface area (Å²) < 4.78 is 15.6. The normalized spacial score (nSPS) is 24.0. The van der Waals surface area contributed by atoms with E-state index >= 15 is 0 Å². The summed E-state index contributed by atoms with van der Waals surface area (Å²) in [4.78, 5) is 38.9. The van der Waals surface area contributed by atoms with Gasteiger partial charge in [0.15, 0.2) is 5.88 Å². The zero-order chi connectivity index (χ0) is 31.2. The fourth-order valence-corrected chi connectivity index (χ4v) is 7.66. The lowest BCUT2D eigenvalue weighted by Gasteiger charge is -2.23. The molecule has 8 rings (SSSR count). The van der Waals surface area contributed by atoms with Crippen LogP contribution in [-0.4, -0.2) is 73.6 Å². The van der Waals surface area contributed by atoms with Crippen molar-refractivity contribution in [2.45, 2.75) is 95.1 Å². The summed E-state index contributed by atoms with van der Waals surface area (Å²) in [6, 6.07) is 10.0. The van der Waals surface area contributed by atoms with E-state index in [1.54, 1.807) is 14.2 Å². The average molecular weight is 612 g/mol. The van der Waals surface area contributed by atoms with Gasteiger partial charge in [0.25, 0.3) is 11.8 Å². The fraction of sp³-hybridized carbons (Fsp3) is 0.529. The van der Waals surface area contributed by atoms with Crippen LogP contribution in [0.4, 0.5) is 0 Å². The molecule has 6 heterocycles. The first-order chi connectivity index (χ1) is 21.7. The minimum atomic E-state index is -0.690. The lowest BCUT2D eigenvalue weighted by atomic mass is 9.97. The van der Waals surface area contributed by atoms with Gasteiger partial charge < -0.3 is 30.0 Å². The molecule has 11 heteroatoms. The van der Waals surface area contributed by atoms with Crippen LogP contribution in [0.5, 0.6) is 5.88 Å². The number of nitrogens with two attached hydrogens (primary N) is 1. The van der Waals surface area contributed by atoms with Crippen LogP contribution in [0.15, 0.2) is 30.3 Å². The van der Waals surface area contributed by atoms with E-state index in [4.69, 9.17) is 25.2 Å². The van der Waals surface area contributed by atoms with E-state index in [1.807, 2.05) is 41.3 Å². The maximum Gasteiger partial charge on any atom is 0.254 e. The standard InChI is InChI=1S/C34H41N7O4/c1-18(36-33(43)34(45-4)11-12-34)25-9-7-21-13-27(39(31(21)37-25)17-20-5-6-20)30-19(2)40-28(38-30)14-22(15-29(40)44-3)32(42)41-23-8-10-26(41)24(35)16-23/h7,9,13-15,18,20,23-24,26H,5-6,8,10-12,16-17,35H2,1-4H3,(H,36,43)/t18-,23+,24-,26-/m1/s1. The van der Waals surface area contributed by atoms with E-state index in [1.165, 1.54) is 12.8 Å². The lowest BCUT2D eigenvalue weighted by molar-refractivity contribution is -0.134. The molecule has 0 radical (unpaired) electrons. The number of nitrogens with one attached hydrogen (secondary N) is 1. The van der Waals surface area contributed by atoms with Gasteiger partial charge in [0.1, 0.15) is 22.6 Å². The molecule has 2 saturated carbocycles. The summed E-state index contributed by atoms with van der Waals surface area (Å²) in [6.07, 6.45) is 6.71. The zero-order valence-corrected chi connectivity index (χ0v) is 26.4. The summed E-state index contributed by atoms with van der Waals surface area (Å²) in [5.41, 5.74) is 11.3. The van der Waals surface area contributed by atoms with Gasteiger partial charge in [-0.25, -0.2) is 9.97 Å². The van der Waals surface area contributed by atoms with Crippen LogP contribution in [0.25, 0.3) is 28.1 Å². The Hall–Kier alpha value is -3.96. The molecule has 0 unspecified atom stereocenters. The van der Waals surface area contributed by atoms with Crippen LogP contribution < -0.4 is 15.8 Å². The van der Waals surface area contributed by atoms with Gasteiger partial charge in [-0.2, -0.15) is 0 Å². The summed E-state index contributed by atoms with van der Waals surface area (Å²) >= 11 is 0. The Morgan fingerprint density at radius 1 is 1.11 bits per heavy atom. The van der Waals surface area contributed by atoms with Gasteiger partial charge in [-0.15, -0.1) is 0 Å². The number of methoxy groups -OCH3 is 2. The largest absolute Gasteiger partial charge is 0.482 e. The smallest absolute Gasteiger partial charge is 0.254 e. The Morgan fingerprint density at radius 2 is 1.91 bits per heavy atom. The summed E-state index contributed by atoms with van der Waals surface area (Å²) in [6.45, 7) is 4.85. The van der Waals surface area contributed by atoms with Crippen molar-refractivity contribution in [1.82, 2.24) is 29.2 Å². The Kier molecular flexibility index (Phi) is 6.51. The molecule has 45 heavy (non-hydrogen) atoms. The van der Waals surface area contributed by atoms with Crippen LogP contribution in [0.1, 0.15) is 79.7 Å². The number of rotatable bonds is 9. The maximum atomic E-state index is 13.8. The van der Waals surface area contributed by atoms with Gasteiger partial charge >= 0.3 is 0 Å². The van der Waals surface area contributed by atoms with E-state index in [0.717, 1.165) is 72.5 Å².